The van der Waals surface area contributed by atoms with Crippen LogP contribution >= 0.6 is 11.6 Å². The number of carbonyl (C=O) groups excluding carboxylic acids is 1. The van der Waals surface area contributed by atoms with Gasteiger partial charge in [-0.05, 0) is 18.2 Å². The molecule has 3 rings (SSSR count). The molecule has 2 aromatic carbocycles. The number of nitrogens with zero attached hydrogens (tertiary/aromatic N) is 3. The van der Waals surface area contributed by atoms with Crippen LogP contribution in [0.25, 0.3) is 16.9 Å². The van der Waals surface area contributed by atoms with Gasteiger partial charge in [-0.1, -0.05) is 47.1 Å². The Morgan fingerprint density at radius 2 is 1.90 bits per heavy atom. The van der Waals surface area contributed by atoms with Crippen molar-refractivity contribution in [3.8, 4) is 16.9 Å². The van der Waals surface area contributed by atoms with Gasteiger partial charge in [0.15, 0.2) is 12.0 Å². The minimum atomic E-state index is -0.516. The Labute approximate surface area is 124 Å². The molecule has 0 N–H and O–H groups in total. The van der Waals surface area contributed by atoms with Gasteiger partial charge in [0.25, 0.3) is 0 Å². The third-order valence-corrected chi connectivity index (χ3v) is 3.29. The smallest absolute Gasteiger partial charge is 0.172 e. The van der Waals surface area contributed by atoms with Crippen LogP contribution in [0.4, 0.5) is 4.39 Å². The minimum Gasteiger partial charge on any atom is -0.296 e. The van der Waals surface area contributed by atoms with Crippen molar-refractivity contribution in [3.63, 3.8) is 0 Å². The zero-order valence-corrected chi connectivity index (χ0v) is 11.5. The molecule has 0 aliphatic rings. The molecular weight excluding hydrogens is 293 g/mol. The third-order valence-electron chi connectivity index (χ3n) is 3.00. The van der Waals surface area contributed by atoms with Gasteiger partial charge < -0.3 is 0 Å². The van der Waals surface area contributed by atoms with Crippen LogP contribution in [0.5, 0.6) is 0 Å². The molecule has 0 fully saturated rings. The maximum Gasteiger partial charge on any atom is 0.172 e. The van der Waals surface area contributed by atoms with Gasteiger partial charge in [0, 0.05) is 5.56 Å². The van der Waals surface area contributed by atoms with Gasteiger partial charge in [0.1, 0.15) is 11.5 Å². The molecule has 0 spiro atoms. The molecule has 0 radical (unpaired) electrons. The number of carbonyl (C=O) groups is 1. The van der Waals surface area contributed by atoms with E-state index in [0.29, 0.717) is 17.7 Å². The molecule has 104 valence electrons. The molecule has 0 atom stereocenters. The van der Waals surface area contributed by atoms with Crippen LogP contribution < -0.4 is 0 Å². The molecule has 1 heterocycles. The summed E-state index contributed by atoms with van der Waals surface area (Å²) in [5, 5.41) is 7.79. The average molecular weight is 302 g/mol. The Bertz CT molecular complexity index is 802. The van der Waals surface area contributed by atoms with Crippen molar-refractivity contribution in [1.29, 1.82) is 0 Å². The van der Waals surface area contributed by atoms with Gasteiger partial charge in [-0.15, -0.1) is 5.10 Å². The van der Waals surface area contributed by atoms with Crippen molar-refractivity contribution in [2.24, 2.45) is 0 Å². The van der Waals surface area contributed by atoms with Gasteiger partial charge in [0.05, 0.1) is 10.7 Å². The lowest BCUT2D eigenvalue weighted by Crippen LogP contribution is -2.00. The van der Waals surface area contributed by atoms with Gasteiger partial charge >= 0.3 is 0 Å². The lowest BCUT2D eigenvalue weighted by molar-refractivity contribution is 0.111. The van der Waals surface area contributed by atoms with Crippen LogP contribution in [0.15, 0.2) is 48.5 Å². The minimum absolute atomic E-state index is 0.0188. The summed E-state index contributed by atoms with van der Waals surface area (Å²) >= 11 is 5.80. The summed E-state index contributed by atoms with van der Waals surface area (Å²) < 4.78 is 14.7. The topological polar surface area (TPSA) is 47.8 Å². The fourth-order valence-corrected chi connectivity index (χ4v) is 2.21. The van der Waals surface area contributed by atoms with Gasteiger partial charge in [-0.2, -0.15) is 0 Å². The Hall–Kier alpha value is -2.53. The zero-order chi connectivity index (χ0) is 14.8. The van der Waals surface area contributed by atoms with E-state index in [4.69, 9.17) is 11.6 Å². The highest BCUT2D eigenvalue weighted by Crippen LogP contribution is 2.26. The summed E-state index contributed by atoms with van der Waals surface area (Å²) in [6, 6.07) is 13.4. The number of rotatable bonds is 3. The molecule has 0 saturated heterocycles. The van der Waals surface area contributed by atoms with Gasteiger partial charge in [0.2, 0.25) is 0 Å². The first-order valence-electron chi connectivity index (χ1n) is 6.12. The molecule has 6 heteroatoms. The Morgan fingerprint density at radius 3 is 2.57 bits per heavy atom. The normalized spacial score (nSPS) is 10.6. The van der Waals surface area contributed by atoms with Crippen LogP contribution in [0, 0.1) is 5.82 Å². The fraction of sp³-hybridized carbons (Fsp3) is 0. The Kier molecular flexibility index (Phi) is 3.50. The largest absolute Gasteiger partial charge is 0.296 e. The van der Waals surface area contributed by atoms with E-state index < -0.39 is 5.82 Å². The molecule has 21 heavy (non-hydrogen) atoms. The standard InChI is InChI=1S/C15H9ClFN3O/c16-12-8-11(6-7-13(12)17)20-15(14(9-21)18-19-20)10-4-2-1-3-5-10/h1-9H. The SMILES string of the molecule is O=Cc1nnn(-c2ccc(F)c(Cl)c2)c1-c1ccccc1. The second-order valence-electron chi connectivity index (χ2n) is 4.32. The number of halogens is 2. The molecule has 1 aromatic heterocycles. The fourth-order valence-electron chi connectivity index (χ4n) is 2.04. The first-order valence-corrected chi connectivity index (χ1v) is 6.50. The maximum absolute atomic E-state index is 13.3. The summed E-state index contributed by atoms with van der Waals surface area (Å²) in [4.78, 5) is 11.2. The molecule has 0 bridgehead atoms. The molecule has 0 unspecified atom stereocenters. The van der Waals surface area contributed by atoms with Crippen molar-refractivity contribution < 1.29 is 9.18 Å². The van der Waals surface area contributed by atoms with Crippen LogP contribution in [-0.2, 0) is 0 Å². The summed E-state index contributed by atoms with van der Waals surface area (Å²) in [7, 11) is 0. The number of hydrogen-bond acceptors (Lipinski definition) is 3. The highest BCUT2D eigenvalue weighted by atomic mass is 35.5. The van der Waals surface area contributed by atoms with E-state index in [1.807, 2.05) is 30.3 Å². The van der Waals surface area contributed by atoms with Crippen molar-refractivity contribution in [2.45, 2.75) is 0 Å². The highest BCUT2D eigenvalue weighted by Gasteiger charge is 2.16. The first kappa shape index (κ1) is 13.5. The van der Waals surface area contributed by atoms with E-state index in [1.54, 1.807) is 0 Å². The van der Waals surface area contributed by atoms with E-state index in [1.165, 1.54) is 22.9 Å². The van der Waals surface area contributed by atoms with Gasteiger partial charge in [-0.25, -0.2) is 9.07 Å². The zero-order valence-electron chi connectivity index (χ0n) is 10.7. The van der Waals surface area contributed by atoms with Crippen molar-refractivity contribution in [1.82, 2.24) is 15.0 Å². The molecule has 0 aliphatic heterocycles. The van der Waals surface area contributed by atoms with E-state index in [0.717, 1.165) is 5.56 Å². The van der Waals surface area contributed by atoms with E-state index in [-0.39, 0.29) is 10.7 Å². The predicted molar refractivity (Wildman–Crippen MR) is 77.2 cm³/mol. The van der Waals surface area contributed by atoms with Crippen LogP contribution in [-0.4, -0.2) is 21.3 Å². The van der Waals surface area contributed by atoms with Crippen molar-refractivity contribution >= 4 is 17.9 Å². The summed E-state index contributed by atoms with van der Waals surface area (Å²) in [6.45, 7) is 0. The predicted octanol–water partition coefficient (Wildman–Crippen LogP) is 3.54. The quantitative estimate of drug-likeness (QED) is 0.695. The summed E-state index contributed by atoms with van der Waals surface area (Å²) in [5.41, 5.74) is 2.06. The number of aromatic nitrogens is 3. The second-order valence-corrected chi connectivity index (χ2v) is 4.72. The monoisotopic (exact) mass is 301 g/mol. The number of hydrogen-bond donors (Lipinski definition) is 0. The van der Waals surface area contributed by atoms with Crippen LogP contribution in [0.3, 0.4) is 0 Å². The number of aldehydes is 1. The third kappa shape index (κ3) is 2.43. The van der Waals surface area contributed by atoms with Crippen molar-refractivity contribution in [2.75, 3.05) is 0 Å². The maximum atomic E-state index is 13.3. The molecule has 0 amide bonds. The van der Waals surface area contributed by atoms with E-state index in [2.05, 4.69) is 10.3 Å². The second kappa shape index (κ2) is 5.46. The lowest BCUT2D eigenvalue weighted by Gasteiger charge is -2.07. The Balaban J connectivity index is 2.22. The molecule has 0 aliphatic carbocycles. The average Bonchev–Trinajstić information content (AvgIpc) is 2.95. The lowest BCUT2D eigenvalue weighted by atomic mass is 10.1. The number of benzene rings is 2. The summed E-state index contributed by atoms with van der Waals surface area (Å²) in [6.07, 6.45) is 0.636. The first-order chi connectivity index (χ1) is 10.2. The van der Waals surface area contributed by atoms with Crippen LogP contribution in [0.2, 0.25) is 5.02 Å². The summed E-state index contributed by atoms with van der Waals surface area (Å²) in [5.74, 6) is -0.516. The van der Waals surface area contributed by atoms with Crippen molar-refractivity contribution in [3.05, 3.63) is 65.1 Å². The van der Waals surface area contributed by atoms with E-state index in [9.17, 15) is 9.18 Å². The molecule has 3 aromatic rings. The van der Waals surface area contributed by atoms with Crippen LogP contribution in [0.1, 0.15) is 10.5 Å². The van der Waals surface area contributed by atoms with E-state index >= 15 is 0 Å². The molecule has 0 saturated carbocycles. The van der Waals surface area contributed by atoms with Gasteiger partial charge in [-0.3, -0.25) is 4.79 Å². The highest BCUT2D eigenvalue weighted by molar-refractivity contribution is 6.30. The Morgan fingerprint density at radius 1 is 1.14 bits per heavy atom. The molecule has 4 nitrogen and oxygen atoms in total. The molecular formula is C15H9ClFN3O.